The van der Waals surface area contributed by atoms with Gasteiger partial charge in [-0.25, -0.2) is 0 Å². The lowest BCUT2D eigenvalue weighted by Crippen LogP contribution is -2.32. The number of halogens is 1. The van der Waals surface area contributed by atoms with E-state index in [9.17, 15) is 0 Å². The molecule has 1 aliphatic rings. The lowest BCUT2D eigenvalue weighted by molar-refractivity contribution is -0.910. The average molecular weight is 259 g/mol. The van der Waals surface area contributed by atoms with Gasteiger partial charge in [-0.05, 0) is 10.9 Å². The van der Waals surface area contributed by atoms with Gasteiger partial charge in [0.2, 0.25) is 0 Å². The summed E-state index contributed by atoms with van der Waals surface area (Å²) in [7, 11) is 4.49. The van der Waals surface area contributed by atoms with Crippen LogP contribution < -0.4 is 0 Å². The minimum Gasteiger partial charge on any atom is -0.321 e. The molecule has 2 aromatic rings. The quantitative estimate of drug-likeness (QED) is 0.672. The van der Waals surface area contributed by atoms with E-state index in [1.54, 1.807) is 0 Å². The minimum absolute atomic E-state index is 0.926. The fourth-order valence-electron chi connectivity index (χ4n) is 3.02. The van der Waals surface area contributed by atoms with Crippen molar-refractivity contribution in [1.29, 1.82) is 0 Å². The summed E-state index contributed by atoms with van der Waals surface area (Å²) in [5.41, 5.74) is 3.93. The third-order valence-electron chi connectivity index (χ3n) is 3.78. The molecule has 2 aromatic carbocycles. The zero-order chi connectivity index (χ0) is 12.9. The molecule has 0 aromatic heterocycles. The van der Waals surface area contributed by atoms with Crippen molar-refractivity contribution in [3.8, 4) is 0 Å². The standard InChI is InChI=1S/C16H17ClN/c1-4-11-12-7-5-6-8-13(12)16(17)15-10-18(2,3)9-14(11)15/h4-8H,1,9-10H2,2-3H3/q+1. The van der Waals surface area contributed by atoms with Gasteiger partial charge in [0.15, 0.2) is 0 Å². The van der Waals surface area contributed by atoms with Crippen LogP contribution in [0.4, 0.5) is 0 Å². The normalized spacial score (nSPS) is 16.8. The van der Waals surface area contributed by atoms with Crippen molar-refractivity contribution >= 4 is 28.4 Å². The van der Waals surface area contributed by atoms with E-state index in [2.05, 4.69) is 38.9 Å². The molecule has 0 radical (unpaired) electrons. The average Bonchev–Trinajstić information content (AvgIpc) is 2.66. The monoisotopic (exact) mass is 258 g/mol. The second-order valence-electron chi connectivity index (χ2n) is 5.69. The lowest BCUT2D eigenvalue weighted by atomic mass is 9.95. The molecule has 0 N–H and O–H groups in total. The van der Waals surface area contributed by atoms with E-state index in [1.807, 2.05) is 12.1 Å². The summed E-state index contributed by atoms with van der Waals surface area (Å²) in [5.74, 6) is 0. The number of quaternary nitrogens is 1. The van der Waals surface area contributed by atoms with Crippen LogP contribution in [0.2, 0.25) is 5.02 Å². The van der Waals surface area contributed by atoms with E-state index in [4.69, 9.17) is 11.6 Å². The first-order chi connectivity index (χ1) is 8.53. The van der Waals surface area contributed by atoms with E-state index in [-0.39, 0.29) is 0 Å². The molecule has 1 nitrogen and oxygen atoms in total. The number of hydrogen-bond donors (Lipinski definition) is 0. The fourth-order valence-corrected chi connectivity index (χ4v) is 3.36. The van der Waals surface area contributed by atoms with Gasteiger partial charge < -0.3 is 4.48 Å². The third kappa shape index (κ3) is 1.58. The molecule has 0 amide bonds. The molecular formula is C16H17ClN+. The second-order valence-corrected chi connectivity index (χ2v) is 6.06. The Morgan fingerprint density at radius 1 is 1.11 bits per heavy atom. The molecular weight excluding hydrogens is 242 g/mol. The zero-order valence-electron chi connectivity index (χ0n) is 10.8. The molecule has 0 aliphatic carbocycles. The minimum atomic E-state index is 0.926. The lowest BCUT2D eigenvalue weighted by Gasteiger charge is -2.22. The van der Waals surface area contributed by atoms with E-state index >= 15 is 0 Å². The molecule has 0 atom stereocenters. The Morgan fingerprint density at radius 2 is 1.72 bits per heavy atom. The maximum Gasteiger partial charge on any atom is 0.106 e. The van der Waals surface area contributed by atoms with Crippen LogP contribution in [0.15, 0.2) is 30.8 Å². The Bertz CT molecular complexity index is 656. The molecule has 0 spiro atoms. The summed E-state index contributed by atoms with van der Waals surface area (Å²) >= 11 is 6.60. The van der Waals surface area contributed by atoms with Crippen molar-refractivity contribution in [2.45, 2.75) is 13.1 Å². The molecule has 1 aliphatic heterocycles. The van der Waals surface area contributed by atoms with Gasteiger partial charge in [-0.3, -0.25) is 0 Å². The highest BCUT2D eigenvalue weighted by molar-refractivity contribution is 6.36. The number of hydrogen-bond acceptors (Lipinski definition) is 0. The van der Waals surface area contributed by atoms with E-state index in [0.717, 1.165) is 28.0 Å². The smallest absolute Gasteiger partial charge is 0.106 e. The highest BCUT2D eigenvalue weighted by atomic mass is 35.5. The van der Waals surface area contributed by atoms with Crippen molar-refractivity contribution in [1.82, 2.24) is 0 Å². The second kappa shape index (κ2) is 3.84. The zero-order valence-corrected chi connectivity index (χ0v) is 11.6. The highest BCUT2D eigenvalue weighted by Crippen LogP contribution is 2.40. The van der Waals surface area contributed by atoms with Crippen LogP contribution in [0.5, 0.6) is 0 Å². The van der Waals surface area contributed by atoms with Gasteiger partial charge in [-0.15, -0.1) is 0 Å². The molecule has 0 unspecified atom stereocenters. The van der Waals surface area contributed by atoms with Crippen LogP contribution in [0.3, 0.4) is 0 Å². The first kappa shape index (κ1) is 11.8. The molecule has 0 saturated heterocycles. The van der Waals surface area contributed by atoms with Gasteiger partial charge in [-0.2, -0.15) is 0 Å². The van der Waals surface area contributed by atoms with Crippen molar-refractivity contribution in [2.75, 3.05) is 14.1 Å². The predicted octanol–water partition coefficient (Wildman–Crippen LogP) is 4.23. The summed E-state index contributed by atoms with van der Waals surface area (Å²) in [4.78, 5) is 0. The van der Waals surface area contributed by atoms with Crippen LogP contribution in [0, 0.1) is 0 Å². The predicted molar refractivity (Wildman–Crippen MR) is 78.6 cm³/mol. The molecule has 18 heavy (non-hydrogen) atoms. The Morgan fingerprint density at radius 3 is 2.39 bits per heavy atom. The molecule has 0 fully saturated rings. The van der Waals surface area contributed by atoms with E-state index < -0.39 is 0 Å². The van der Waals surface area contributed by atoms with Crippen LogP contribution in [0.1, 0.15) is 16.7 Å². The molecule has 3 rings (SSSR count). The maximum atomic E-state index is 6.60. The molecule has 0 saturated carbocycles. The summed E-state index contributed by atoms with van der Waals surface area (Å²) in [6.07, 6.45) is 1.98. The van der Waals surface area contributed by atoms with Gasteiger partial charge in [-0.1, -0.05) is 48.5 Å². The van der Waals surface area contributed by atoms with Crippen molar-refractivity contribution in [3.05, 3.63) is 52.6 Å². The van der Waals surface area contributed by atoms with Gasteiger partial charge in [0.1, 0.15) is 13.1 Å². The van der Waals surface area contributed by atoms with Crippen LogP contribution >= 0.6 is 11.6 Å². The van der Waals surface area contributed by atoms with Crippen LogP contribution in [-0.4, -0.2) is 18.6 Å². The Labute approximate surface area is 113 Å². The summed E-state index contributed by atoms with van der Waals surface area (Å²) < 4.78 is 0.964. The first-order valence-corrected chi connectivity index (χ1v) is 6.58. The first-order valence-electron chi connectivity index (χ1n) is 6.20. The summed E-state index contributed by atoms with van der Waals surface area (Å²) in [6.45, 7) is 6.01. The van der Waals surface area contributed by atoms with Gasteiger partial charge in [0, 0.05) is 16.5 Å². The highest BCUT2D eigenvalue weighted by Gasteiger charge is 2.32. The van der Waals surface area contributed by atoms with Gasteiger partial charge >= 0.3 is 0 Å². The third-order valence-corrected chi connectivity index (χ3v) is 4.22. The largest absolute Gasteiger partial charge is 0.321 e. The van der Waals surface area contributed by atoms with E-state index in [0.29, 0.717) is 0 Å². The van der Waals surface area contributed by atoms with Crippen molar-refractivity contribution in [3.63, 3.8) is 0 Å². The number of benzene rings is 2. The van der Waals surface area contributed by atoms with Crippen LogP contribution in [-0.2, 0) is 13.1 Å². The maximum absolute atomic E-state index is 6.60. The fraction of sp³-hybridized carbons (Fsp3) is 0.250. The van der Waals surface area contributed by atoms with Crippen molar-refractivity contribution in [2.24, 2.45) is 0 Å². The number of nitrogens with zero attached hydrogens (tertiary/aromatic N) is 1. The van der Waals surface area contributed by atoms with E-state index in [1.165, 1.54) is 22.1 Å². The van der Waals surface area contributed by atoms with Gasteiger partial charge in [0.25, 0.3) is 0 Å². The van der Waals surface area contributed by atoms with Crippen molar-refractivity contribution < 1.29 is 4.48 Å². The van der Waals surface area contributed by atoms with Crippen LogP contribution in [0.25, 0.3) is 16.8 Å². The Kier molecular flexibility index (Phi) is 2.51. The Hall–Kier alpha value is -1.31. The summed E-state index contributed by atoms with van der Waals surface area (Å²) in [6, 6.07) is 8.34. The molecule has 2 heteroatoms. The molecule has 0 bridgehead atoms. The SMILES string of the molecule is C=Cc1c2c(c(Cl)c3ccccc13)C[N+](C)(C)C2. The number of rotatable bonds is 1. The molecule has 92 valence electrons. The topological polar surface area (TPSA) is 0 Å². The van der Waals surface area contributed by atoms with Gasteiger partial charge in [0.05, 0.1) is 19.1 Å². The number of fused-ring (bicyclic) bond motifs is 2. The Balaban J connectivity index is 2.43. The summed E-state index contributed by atoms with van der Waals surface area (Å²) in [5, 5.41) is 3.29. The molecule has 1 heterocycles.